The minimum atomic E-state index is -0.321. The highest BCUT2D eigenvalue weighted by molar-refractivity contribution is 5.74. The topological polar surface area (TPSA) is 70.1 Å². The van der Waals surface area contributed by atoms with Crippen molar-refractivity contribution in [3.63, 3.8) is 0 Å². The molecule has 0 atom stereocenters. The second-order valence-electron chi connectivity index (χ2n) is 3.45. The van der Waals surface area contributed by atoms with Gasteiger partial charge in [-0.05, 0) is 12.1 Å². The number of primary amides is 1. The summed E-state index contributed by atoms with van der Waals surface area (Å²) in [6, 6.07) is 11.8. The van der Waals surface area contributed by atoms with Gasteiger partial charge in [0.2, 0.25) is 5.91 Å². The molecule has 4 nitrogen and oxygen atoms in total. The van der Waals surface area contributed by atoms with Gasteiger partial charge in [-0.25, -0.2) is 0 Å². The third-order valence-electron chi connectivity index (χ3n) is 2.24. The molecule has 0 aliphatic rings. The Hall–Kier alpha value is -2.02. The summed E-state index contributed by atoms with van der Waals surface area (Å²) in [6.45, 7) is 1.18. The molecule has 4 heteroatoms. The Morgan fingerprint density at radius 3 is 2.56 bits per heavy atom. The molecule has 0 unspecified atom stereocenters. The monoisotopic (exact) mass is 217 g/mol. The average Bonchev–Trinajstić information content (AvgIpc) is 2.30. The molecule has 1 rings (SSSR count). The van der Waals surface area contributed by atoms with Gasteiger partial charge in [-0.2, -0.15) is 5.26 Å². The molecule has 1 aromatic rings. The quantitative estimate of drug-likeness (QED) is 0.780. The van der Waals surface area contributed by atoms with Crippen LogP contribution < -0.4 is 10.6 Å². The molecule has 0 saturated heterocycles. The molecule has 0 radical (unpaired) electrons. The van der Waals surface area contributed by atoms with E-state index >= 15 is 0 Å². The van der Waals surface area contributed by atoms with E-state index in [1.165, 1.54) is 0 Å². The van der Waals surface area contributed by atoms with E-state index in [0.717, 1.165) is 5.69 Å². The number of nitrogens with two attached hydrogens (primary N) is 1. The van der Waals surface area contributed by atoms with E-state index in [1.54, 1.807) is 0 Å². The summed E-state index contributed by atoms with van der Waals surface area (Å²) in [4.78, 5) is 12.7. The standard InChI is InChI=1S/C12H15N3O/c13-8-4-9-15(10-7-12(14)16)11-5-2-1-3-6-11/h1-3,5-6H,4,7,9-10H2,(H2,14,16). The summed E-state index contributed by atoms with van der Waals surface area (Å²) in [6.07, 6.45) is 0.744. The number of para-hydroxylation sites is 1. The van der Waals surface area contributed by atoms with Crippen LogP contribution in [0.3, 0.4) is 0 Å². The highest BCUT2D eigenvalue weighted by Crippen LogP contribution is 2.13. The number of nitriles is 1. The number of carbonyl (C=O) groups excluding carboxylic acids is 1. The van der Waals surface area contributed by atoms with Crippen LogP contribution in [-0.4, -0.2) is 19.0 Å². The zero-order valence-corrected chi connectivity index (χ0v) is 9.10. The second-order valence-corrected chi connectivity index (χ2v) is 3.45. The molecule has 0 aliphatic heterocycles. The minimum Gasteiger partial charge on any atom is -0.370 e. The van der Waals surface area contributed by atoms with E-state index in [1.807, 2.05) is 35.2 Å². The summed E-state index contributed by atoms with van der Waals surface area (Å²) in [5, 5.41) is 8.57. The van der Waals surface area contributed by atoms with Gasteiger partial charge in [0.25, 0.3) is 0 Å². The number of nitrogens with zero attached hydrogens (tertiary/aromatic N) is 2. The number of benzene rings is 1. The van der Waals surface area contributed by atoms with Crippen molar-refractivity contribution in [2.75, 3.05) is 18.0 Å². The molecule has 0 saturated carbocycles. The average molecular weight is 217 g/mol. The summed E-state index contributed by atoms with van der Waals surface area (Å²) < 4.78 is 0. The maximum absolute atomic E-state index is 10.7. The van der Waals surface area contributed by atoms with E-state index in [2.05, 4.69) is 6.07 Å². The first-order chi connectivity index (χ1) is 7.74. The number of anilines is 1. The molecular formula is C12H15N3O. The maximum atomic E-state index is 10.7. The van der Waals surface area contributed by atoms with E-state index in [4.69, 9.17) is 11.0 Å². The summed E-state index contributed by atoms with van der Waals surface area (Å²) in [5.74, 6) is -0.321. The van der Waals surface area contributed by atoms with E-state index in [-0.39, 0.29) is 5.91 Å². The molecule has 1 aromatic carbocycles. The smallest absolute Gasteiger partial charge is 0.219 e. The van der Waals surface area contributed by atoms with Gasteiger partial charge < -0.3 is 10.6 Å². The van der Waals surface area contributed by atoms with Crippen molar-refractivity contribution in [1.82, 2.24) is 0 Å². The number of hydrogen-bond donors (Lipinski definition) is 1. The van der Waals surface area contributed by atoms with Crippen molar-refractivity contribution in [3.05, 3.63) is 30.3 Å². The molecule has 1 amide bonds. The zero-order valence-electron chi connectivity index (χ0n) is 9.10. The zero-order chi connectivity index (χ0) is 11.8. The molecule has 0 fully saturated rings. The van der Waals surface area contributed by atoms with Crippen LogP contribution in [0.5, 0.6) is 0 Å². The van der Waals surface area contributed by atoms with Gasteiger partial charge in [-0.3, -0.25) is 4.79 Å². The van der Waals surface area contributed by atoms with Gasteiger partial charge >= 0.3 is 0 Å². The van der Waals surface area contributed by atoms with Crippen LogP contribution in [0.25, 0.3) is 0 Å². The fraction of sp³-hybridized carbons (Fsp3) is 0.333. The van der Waals surface area contributed by atoms with Crippen LogP contribution in [0.1, 0.15) is 12.8 Å². The summed E-state index contributed by atoms with van der Waals surface area (Å²) in [7, 11) is 0. The molecule has 16 heavy (non-hydrogen) atoms. The first kappa shape index (κ1) is 12.1. The lowest BCUT2D eigenvalue weighted by atomic mass is 10.2. The molecule has 0 bridgehead atoms. The number of hydrogen-bond acceptors (Lipinski definition) is 3. The Kier molecular flexibility index (Phi) is 4.87. The van der Waals surface area contributed by atoms with Crippen molar-refractivity contribution in [3.8, 4) is 6.07 Å². The lowest BCUT2D eigenvalue weighted by Gasteiger charge is -2.23. The van der Waals surface area contributed by atoms with Gasteiger partial charge in [0, 0.05) is 25.2 Å². The predicted molar refractivity (Wildman–Crippen MR) is 62.7 cm³/mol. The fourth-order valence-electron chi connectivity index (χ4n) is 1.44. The van der Waals surface area contributed by atoms with Gasteiger partial charge in [-0.1, -0.05) is 18.2 Å². The number of carbonyl (C=O) groups is 1. The van der Waals surface area contributed by atoms with Crippen molar-refractivity contribution in [2.24, 2.45) is 5.73 Å². The first-order valence-electron chi connectivity index (χ1n) is 5.19. The largest absolute Gasteiger partial charge is 0.370 e. The van der Waals surface area contributed by atoms with Crippen molar-refractivity contribution in [2.45, 2.75) is 12.8 Å². The van der Waals surface area contributed by atoms with Gasteiger partial charge in [0.05, 0.1) is 12.5 Å². The first-order valence-corrected chi connectivity index (χ1v) is 5.19. The number of rotatable bonds is 6. The van der Waals surface area contributed by atoms with Crippen molar-refractivity contribution in [1.29, 1.82) is 5.26 Å². The second kappa shape index (κ2) is 6.46. The van der Waals surface area contributed by atoms with Crippen LogP contribution in [-0.2, 0) is 4.79 Å². The predicted octanol–water partition coefficient (Wildman–Crippen LogP) is 1.28. The highest BCUT2D eigenvalue weighted by atomic mass is 16.1. The fourth-order valence-corrected chi connectivity index (χ4v) is 1.44. The molecule has 2 N–H and O–H groups in total. The Bertz CT molecular complexity index is 370. The maximum Gasteiger partial charge on any atom is 0.219 e. The third kappa shape index (κ3) is 4.01. The van der Waals surface area contributed by atoms with Crippen molar-refractivity contribution < 1.29 is 4.79 Å². The molecule has 84 valence electrons. The van der Waals surface area contributed by atoms with Crippen LogP contribution in [0.2, 0.25) is 0 Å². The van der Waals surface area contributed by atoms with E-state index < -0.39 is 0 Å². The molecule has 0 aromatic heterocycles. The Morgan fingerprint density at radius 1 is 1.31 bits per heavy atom. The van der Waals surface area contributed by atoms with Gasteiger partial charge in [0.1, 0.15) is 0 Å². The van der Waals surface area contributed by atoms with Crippen molar-refractivity contribution >= 4 is 11.6 Å². The van der Waals surface area contributed by atoms with Crippen LogP contribution in [0, 0.1) is 11.3 Å². The van der Waals surface area contributed by atoms with Gasteiger partial charge in [0.15, 0.2) is 0 Å². The van der Waals surface area contributed by atoms with E-state index in [9.17, 15) is 4.79 Å². The molecular weight excluding hydrogens is 202 g/mol. The summed E-state index contributed by atoms with van der Waals surface area (Å²) >= 11 is 0. The van der Waals surface area contributed by atoms with Crippen LogP contribution >= 0.6 is 0 Å². The van der Waals surface area contributed by atoms with Gasteiger partial charge in [-0.15, -0.1) is 0 Å². The molecule has 0 heterocycles. The Balaban J connectivity index is 2.64. The lowest BCUT2D eigenvalue weighted by molar-refractivity contribution is -0.117. The number of amides is 1. The minimum absolute atomic E-state index is 0.306. The SMILES string of the molecule is N#CCCN(CCC(N)=O)c1ccccc1. The lowest BCUT2D eigenvalue weighted by Crippen LogP contribution is -2.28. The summed E-state index contributed by atoms with van der Waals surface area (Å²) in [5.41, 5.74) is 6.13. The molecule has 0 spiro atoms. The third-order valence-corrected chi connectivity index (χ3v) is 2.24. The molecule has 0 aliphatic carbocycles. The van der Waals surface area contributed by atoms with Crippen LogP contribution in [0.4, 0.5) is 5.69 Å². The van der Waals surface area contributed by atoms with Crippen LogP contribution in [0.15, 0.2) is 30.3 Å². The Morgan fingerprint density at radius 2 is 2.00 bits per heavy atom. The Labute approximate surface area is 95.3 Å². The normalized spacial score (nSPS) is 9.44. The highest BCUT2D eigenvalue weighted by Gasteiger charge is 2.06. The van der Waals surface area contributed by atoms with E-state index in [0.29, 0.717) is 25.9 Å².